The molecule has 4 atom stereocenters. The van der Waals surface area contributed by atoms with Crippen LogP contribution in [0, 0.1) is 0 Å². The highest BCUT2D eigenvalue weighted by molar-refractivity contribution is 5.81. The van der Waals surface area contributed by atoms with Crippen LogP contribution in [0.1, 0.15) is 101 Å². The molecule has 198 valence electrons. The number of methoxy groups -OCH3 is 1. The lowest BCUT2D eigenvalue weighted by atomic mass is 9.88. The number of aliphatic hydroxyl groups excluding tert-OH is 2. The molecule has 0 aliphatic carbocycles. The maximum absolute atomic E-state index is 12.4. The summed E-state index contributed by atoms with van der Waals surface area (Å²) in [5, 5.41) is 18.6. The van der Waals surface area contributed by atoms with E-state index < -0.39 is 40.8 Å². The van der Waals surface area contributed by atoms with E-state index in [1.165, 1.54) is 0 Å². The van der Waals surface area contributed by atoms with Gasteiger partial charge >= 0.3 is 5.97 Å². The maximum Gasteiger partial charge on any atom is 0.345 e. The normalized spacial score (nSPS) is 23.1. The van der Waals surface area contributed by atoms with Crippen molar-refractivity contribution < 1.29 is 44.0 Å². The molecule has 33 heavy (non-hydrogen) atoms. The van der Waals surface area contributed by atoms with Crippen molar-refractivity contribution in [3.8, 4) is 0 Å². The first-order valence-electron chi connectivity index (χ1n) is 11.8. The zero-order valence-electron chi connectivity index (χ0n) is 22.5. The Labute approximate surface area is 199 Å². The van der Waals surface area contributed by atoms with E-state index in [4.69, 9.17) is 29.0 Å². The minimum absolute atomic E-state index is 0.239. The van der Waals surface area contributed by atoms with Crippen molar-refractivity contribution in [2.24, 2.45) is 0 Å². The van der Waals surface area contributed by atoms with Crippen molar-refractivity contribution in [2.45, 2.75) is 142 Å². The Kier molecular flexibility index (Phi) is 13.0. The minimum Gasteiger partial charge on any atom is -0.457 e. The molecule has 1 saturated heterocycles. The van der Waals surface area contributed by atoms with E-state index in [1.807, 2.05) is 27.7 Å². The summed E-state index contributed by atoms with van der Waals surface area (Å²) >= 11 is 0. The first kappa shape index (κ1) is 32.2. The van der Waals surface area contributed by atoms with Crippen LogP contribution in [0.4, 0.5) is 0 Å². The number of hydrogen-bond donors (Lipinski definition) is 2. The van der Waals surface area contributed by atoms with E-state index in [0.29, 0.717) is 19.3 Å². The molecule has 0 aromatic rings. The SMILES string of the molecule is CCCC1OOC1(CC)C(=O)OC(C)(C)CC(C)O.COC(C)(C)OOC(C)(C)CC(C)O. The number of ether oxygens (including phenoxy) is 2. The highest BCUT2D eigenvalue weighted by Crippen LogP contribution is 2.38. The largest absolute Gasteiger partial charge is 0.457 e. The zero-order chi connectivity index (χ0) is 26.1. The lowest BCUT2D eigenvalue weighted by Crippen LogP contribution is -2.62. The third-order valence-electron chi connectivity index (χ3n) is 5.16. The van der Waals surface area contributed by atoms with Gasteiger partial charge in [0.05, 0.1) is 12.2 Å². The van der Waals surface area contributed by atoms with Crippen LogP contribution in [-0.2, 0) is 33.8 Å². The number of carbonyl (C=O) groups excluding carboxylic acids is 1. The molecule has 0 aromatic carbocycles. The topological polar surface area (TPSA) is 113 Å². The third-order valence-corrected chi connectivity index (χ3v) is 5.16. The van der Waals surface area contributed by atoms with Crippen LogP contribution >= 0.6 is 0 Å². The molecular formula is C24H48O9. The van der Waals surface area contributed by atoms with Crippen LogP contribution in [0.15, 0.2) is 0 Å². The molecule has 0 aromatic heterocycles. The monoisotopic (exact) mass is 480 g/mol. The molecule has 0 bridgehead atoms. The van der Waals surface area contributed by atoms with E-state index in [9.17, 15) is 15.0 Å². The summed E-state index contributed by atoms with van der Waals surface area (Å²) in [6, 6.07) is 0. The number of hydrogen-bond acceptors (Lipinski definition) is 9. The fraction of sp³-hybridized carbons (Fsp3) is 0.958. The van der Waals surface area contributed by atoms with Crippen LogP contribution in [0.2, 0.25) is 0 Å². The van der Waals surface area contributed by atoms with Crippen molar-refractivity contribution >= 4 is 5.97 Å². The van der Waals surface area contributed by atoms with Crippen molar-refractivity contribution in [3.05, 3.63) is 0 Å². The Hall–Kier alpha value is -0.810. The van der Waals surface area contributed by atoms with Gasteiger partial charge in [-0.05, 0) is 68.2 Å². The smallest absolute Gasteiger partial charge is 0.345 e. The average molecular weight is 481 g/mol. The number of esters is 1. The summed E-state index contributed by atoms with van der Waals surface area (Å²) in [7, 11) is 1.55. The summed E-state index contributed by atoms with van der Waals surface area (Å²) in [4.78, 5) is 32.8. The summed E-state index contributed by atoms with van der Waals surface area (Å²) < 4.78 is 10.5. The molecule has 0 saturated carbocycles. The van der Waals surface area contributed by atoms with E-state index in [0.717, 1.165) is 12.8 Å². The van der Waals surface area contributed by atoms with Gasteiger partial charge in [0.1, 0.15) is 17.3 Å². The Balaban J connectivity index is 0.000000653. The van der Waals surface area contributed by atoms with Gasteiger partial charge in [0.2, 0.25) is 5.60 Å². The molecule has 0 amide bonds. The molecule has 0 radical (unpaired) electrons. The predicted molar refractivity (Wildman–Crippen MR) is 124 cm³/mol. The Morgan fingerprint density at radius 3 is 1.85 bits per heavy atom. The second-order valence-corrected chi connectivity index (χ2v) is 10.5. The van der Waals surface area contributed by atoms with Crippen molar-refractivity contribution in [1.29, 1.82) is 0 Å². The van der Waals surface area contributed by atoms with E-state index in [1.54, 1.807) is 48.7 Å². The van der Waals surface area contributed by atoms with Gasteiger partial charge in [-0.3, -0.25) is 0 Å². The van der Waals surface area contributed by atoms with E-state index in [2.05, 4.69) is 0 Å². The van der Waals surface area contributed by atoms with Crippen LogP contribution in [0.5, 0.6) is 0 Å². The van der Waals surface area contributed by atoms with Gasteiger partial charge in [0.15, 0.2) is 5.79 Å². The average Bonchev–Trinajstić information content (AvgIpc) is 2.62. The summed E-state index contributed by atoms with van der Waals surface area (Å²) in [6.45, 7) is 18.1. The second-order valence-electron chi connectivity index (χ2n) is 10.5. The van der Waals surface area contributed by atoms with Gasteiger partial charge < -0.3 is 19.7 Å². The standard InChI is InChI=1S/C14H26O5.C10H22O4/c1-6-8-11-14(7-2,19-18-11)12(16)17-13(4,5)9-10(3)15;1-8(11)7-9(2,3)13-14-10(4,5)12-6/h10-11,15H,6-9H2,1-5H3;8,11H,7H2,1-6H3. The van der Waals surface area contributed by atoms with Gasteiger partial charge in [-0.15, -0.1) is 0 Å². The summed E-state index contributed by atoms with van der Waals surface area (Å²) in [5.41, 5.74) is -2.22. The fourth-order valence-corrected chi connectivity index (χ4v) is 3.46. The van der Waals surface area contributed by atoms with E-state index in [-0.39, 0.29) is 6.10 Å². The number of rotatable bonds is 13. The summed E-state index contributed by atoms with van der Waals surface area (Å²) in [5.74, 6) is -1.17. The molecule has 1 aliphatic heterocycles. The fourth-order valence-electron chi connectivity index (χ4n) is 3.46. The van der Waals surface area contributed by atoms with Crippen molar-refractivity contribution in [2.75, 3.05) is 7.11 Å². The first-order chi connectivity index (χ1) is 15.0. The van der Waals surface area contributed by atoms with Gasteiger partial charge in [0, 0.05) is 20.0 Å². The van der Waals surface area contributed by atoms with Crippen LogP contribution in [0.25, 0.3) is 0 Å². The van der Waals surface area contributed by atoms with Crippen molar-refractivity contribution in [3.63, 3.8) is 0 Å². The molecule has 1 aliphatic rings. The zero-order valence-corrected chi connectivity index (χ0v) is 22.5. The third kappa shape index (κ3) is 11.4. The Morgan fingerprint density at radius 1 is 0.970 bits per heavy atom. The minimum atomic E-state index is -0.980. The molecule has 0 spiro atoms. The van der Waals surface area contributed by atoms with Crippen LogP contribution in [0.3, 0.4) is 0 Å². The van der Waals surface area contributed by atoms with Crippen molar-refractivity contribution in [1.82, 2.24) is 0 Å². The Bertz CT molecular complexity index is 568. The Morgan fingerprint density at radius 2 is 1.48 bits per heavy atom. The summed E-state index contributed by atoms with van der Waals surface area (Å²) in [6.07, 6.45) is 1.91. The molecule has 1 heterocycles. The maximum atomic E-state index is 12.4. The lowest BCUT2D eigenvalue weighted by molar-refractivity contribution is -0.499. The van der Waals surface area contributed by atoms with Crippen LogP contribution in [-0.4, -0.2) is 64.2 Å². The lowest BCUT2D eigenvalue weighted by Gasteiger charge is -2.45. The molecule has 2 N–H and O–H groups in total. The highest BCUT2D eigenvalue weighted by atomic mass is 17.3. The number of aliphatic hydroxyl groups is 2. The first-order valence-corrected chi connectivity index (χ1v) is 11.8. The molecule has 1 fully saturated rings. The molecule has 9 heteroatoms. The van der Waals surface area contributed by atoms with Gasteiger partial charge in [-0.2, -0.15) is 0 Å². The van der Waals surface area contributed by atoms with E-state index >= 15 is 0 Å². The predicted octanol–water partition coefficient (Wildman–Crippen LogP) is 4.23. The van der Waals surface area contributed by atoms with Crippen LogP contribution < -0.4 is 0 Å². The number of carbonyl (C=O) groups is 1. The molecular weight excluding hydrogens is 432 g/mol. The molecule has 1 rings (SSSR count). The molecule has 4 unspecified atom stereocenters. The molecule has 9 nitrogen and oxygen atoms in total. The van der Waals surface area contributed by atoms with Gasteiger partial charge in [-0.25, -0.2) is 24.3 Å². The highest BCUT2D eigenvalue weighted by Gasteiger charge is 2.58. The van der Waals surface area contributed by atoms with Gasteiger partial charge in [0.25, 0.3) is 0 Å². The van der Waals surface area contributed by atoms with Gasteiger partial charge in [-0.1, -0.05) is 20.3 Å². The second kappa shape index (κ2) is 13.3. The quantitative estimate of drug-likeness (QED) is 0.173.